The minimum absolute atomic E-state index is 0.219. The number of hydrogen-bond donors (Lipinski definition) is 2. The molecular formula is C11H24N2O. The van der Waals surface area contributed by atoms with Crippen molar-refractivity contribution < 1.29 is 4.74 Å². The molecule has 0 aromatic rings. The van der Waals surface area contributed by atoms with Gasteiger partial charge in [0.15, 0.2) is 0 Å². The van der Waals surface area contributed by atoms with E-state index in [9.17, 15) is 0 Å². The van der Waals surface area contributed by atoms with Crippen LogP contribution in [0.25, 0.3) is 0 Å². The third kappa shape index (κ3) is 3.95. The summed E-state index contributed by atoms with van der Waals surface area (Å²) in [5.74, 6) is 0. The van der Waals surface area contributed by atoms with E-state index in [0.717, 1.165) is 32.7 Å². The first kappa shape index (κ1) is 12.0. The largest absolute Gasteiger partial charge is 0.379 e. The molecule has 1 fully saturated rings. The molecule has 1 aliphatic heterocycles. The minimum atomic E-state index is 0.219. The third-order valence-corrected chi connectivity index (χ3v) is 3.00. The molecule has 1 heterocycles. The first-order valence-corrected chi connectivity index (χ1v) is 5.72. The Hall–Kier alpha value is -0.120. The SMILES string of the molecule is CCC(C)NCCNC1(C)CCOC1. The van der Waals surface area contributed by atoms with Crippen LogP contribution in [-0.2, 0) is 4.74 Å². The van der Waals surface area contributed by atoms with Gasteiger partial charge in [0, 0.05) is 31.3 Å². The van der Waals surface area contributed by atoms with Crippen molar-refractivity contribution >= 4 is 0 Å². The highest BCUT2D eigenvalue weighted by molar-refractivity contribution is 4.86. The maximum atomic E-state index is 5.38. The van der Waals surface area contributed by atoms with Gasteiger partial charge < -0.3 is 15.4 Å². The molecule has 0 aromatic carbocycles. The Bertz CT molecular complexity index is 155. The zero-order chi connectivity index (χ0) is 10.4. The van der Waals surface area contributed by atoms with Gasteiger partial charge in [0.2, 0.25) is 0 Å². The fourth-order valence-corrected chi connectivity index (χ4v) is 1.63. The van der Waals surface area contributed by atoms with Crippen molar-refractivity contribution in [3.63, 3.8) is 0 Å². The predicted octanol–water partition coefficient (Wildman–Crippen LogP) is 1.14. The highest BCUT2D eigenvalue weighted by Gasteiger charge is 2.28. The maximum absolute atomic E-state index is 5.38. The molecule has 1 rings (SSSR count). The monoisotopic (exact) mass is 200 g/mol. The molecule has 0 bridgehead atoms. The van der Waals surface area contributed by atoms with E-state index < -0.39 is 0 Å². The van der Waals surface area contributed by atoms with Crippen LogP contribution >= 0.6 is 0 Å². The molecule has 3 heteroatoms. The fourth-order valence-electron chi connectivity index (χ4n) is 1.63. The van der Waals surface area contributed by atoms with Crippen LogP contribution in [0.5, 0.6) is 0 Å². The van der Waals surface area contributed by atoms with Crippen LogP contribution in [0.15, 0.2) is 0 Å². The lowest BCUT2D eigenvalue weighted by Gasteiger charge is -2.24. The molecule has 2 N–H and O–H groups in total. The van der Waals surface area contributed by atoms with E-state index in [2.05, 4.69) is 31.4 Å². The quantitative estimate of drug-likeness (QED) is 0.631. The van der Waals surface area contributed by atoms with Gasteiger partial charge in [-0.3, -0.25) is 0 Å². The summed E-state index contributed by atoms with van der Waals surface area (Å²) in [5.41, 5.74) is 0.219. The van der Waals surface area contributed by atoms with E-state index in [4.69, 9.17) is 4.74 Å². The second kappa shape index (κ2) is 5.69. The molecule has 0 saturated carbocycles. The third-order valence-electron chi connectivity index (χ3n) is 3.00. The fraction of sp³-hybridized carbons (Fsp3) is 1.00. The van der Waals surface area contributed by atoms with E-state index in [1.54, 1.807) is 0 Å². The molecule has 0 radical (unpaired) electrons. The zero-order valence-electron chi connectivity index (χ0n) is 9.73. The summed E-state index contributed by atoms with van der Waals surface area (Å²) in [4.78, 5) is 0. The van der Waals surface area contributed by atoms with Gasteiger partial charge in [-0.25, -0.2) is 0 Å². The Morgan fingerprint density at radius 1 is 1.43 bits per heavy atom. The predicted molar refractivity (Wildman–Crippen MR) is 59.6 cm³/mol. The molecule has 2 atom stereocenters. The second-order valence-corrected chi connectivity index (χ2v) is 4.55. The molecule has 14 heavy (non-hydrogen) atoms. The number of hydrogen-bond acceptors (Lipinski definition) is 3. The average Bonchev–Trinajstić information content (AvgIpc) is 2.60. The van der Waals surface area contributed by atoms with Crippen molar-refractivity contribution in [2.75, 3.05) is 26.3 Å². The summed E-state index contributed by atoms with van der Waals surface area (Å²) in [5, 5.41) is 7.02. The molecule has 0 aromatic heterocycles. The summed E-state index contributed by atoms with van der Waals surface area (Å²) in [6.07, 6.45) is 2.33. The molecule has 0 amide bonds. The Balaban J connectivity index is 2.03. The van der Waals surface area contributed by atoms with E-state index in [-0.39, 0.29) is 5.54 Å². The van der Waals surface area contributed by atoms with Gasteiger partial charge in [0.05, 0.1) is 6.61 Å². The Labute approximate surface area is 87.6 Å². The number of nitrogens with one attached hydrogen (secondary N) is 2. The van der Waals surface area contributed by atoms with Gasteiger partial charge in [-0.2, -0.15) is 0 Å². The van der Waals surface area contributed by atoms with Crippen molar-refractivity contribution in [2.45, 2.75) is 45.2 Å². The maximum Gasteiger partial charge on any atom is 0.0646 e. The molecule has 1 aliphatic rings. The molecule has 0 aliphatic carbocycles. The summed E-state index contributed by atoms with van der Waals surface area (Å²) in [6.45, 7) is 10.5. The van der Waals surface area contributed by atoms with Crippen molar-refractivity contribution in [1.29, 1.82) is 0 Å². The standard InChI is InChI=1S/C11H24N2O/c1-4-10(2)12-6-7-13-11(3)5-8-14-9-11/h10,12-13H,4-9H2,1-3H3. The lowest BCUT2D eigenvalue weighted by atomic mass is 10.0. The summed E-state index contributed by atoms with van der Waals surface area (Å²) in [7, 11) is 0. The Kier molecular flexibility index (Phi) is 4.85. The molecule has 84 valence electrons. The van der Waals surface area contributed by atoms with Gasteiger partial charge >= 0.3 is 0 Å². The van der Waals surface area contributed by atoms with Crippen molar-refractivity contribution in [3.8, 4) is 0 Å². The molecular weight excluding hydrogens is 176 g/mol. The lowest BCUT2D eigenvalue weighted by Crippen LogP contribution is -2.46. The summed E-state index contributed by atoms with van der Waals surface area (Å²) >= 11 is 0. The van der Waals surface area contributed by atoms with Crippen LogP contribution in [0.4, 0.5) is 0 Å². The van der Waals surface area contributed by atoms with E-state index in [1.807, 2.05) is 0 Å². The van der Waals surface area contributed by atoms with Gasteiger partial charge in [0.1, 0.15) is 0 Å². The van der Waals surface area contributed by atoms with E-state index >= 15 is 0 Å². The van der Waals surface area contributed by atoms with Crippen LogP contribution in [0, 0.1) is 0 Å². The van der Waals surface area contributed by atoms with Crippen molar-refractivity contribution in [3.05, 3.63) is 0 Å². The first-order chi connectivity index (χ1) is 6.66. The summed E-state index contributed by atoms with van der Waals surface area (Å²) in [6, 6.07) is 0.629. The molecule has 1 saturated heterocycles. The van der Waals surface area contributed by atoms with Gasteiger partial charge in [-0.1, -0.05) is 6.92 Å². The van der Waals surface area contributed by atoms with Crippen LogP contribution in [-0.4, -0.2) is 37.9 Å². The van der Waals surface area contributed by atoms with E-state index in [1.165, 1.54) is 6.42 Å². The van der Waals surface area contributed by atoms with Crippen molar-refractivity contribution in [2.24, 2.45) is 0 Å². The second-order valence-electron chi connectivity index (χ2n) is 4.55. The topological polar surface area (TPSA) is 33.3 Å². The molecule has 0 spiro atoms. The van der Waals surface area contributed by atoms with Gasteiger partial charge in [-0.15, -0.1) is 0 Å². The van der Waals surface area contributed by atoms with Crippen LogP contribution in [0.1, 0.15) is 33.6 Å². The summed E-state index contributed by atoms with van der Waals surface area (Å²) < 4.78 is 5.38. The highest BCUT2D eigenvalue weighted by Crippen LogP contribution is 2.16. The van der Waals surface area contributed by atoms with Crippen LogP contribution < -0.4 is 10.6 Å². The number of ether oxygens (including phenoxy) is 1. The van der Waals surface area contributed by atoms with Crippen molar-refractivity contribution in [1.82, 2.24) is 10.6 Å². The van der Waals surface area contributed by atoms with Gasteiger partial charge in [-0.05, 0) is 26.7 Å². The Morgan fingerprint density at radius 3 is 2.79 bits per heavy atom. The van der Waals surface area contributed by atoms with Gasteiger partial charge in [0.25, 0.3) is 0 Å². The smallest absolute Gasteiger partial charge is 0.0646 e. The lowest BCUT2D eigenvalue weighted by molar-refractivity contribution is 0.172. The number of rotatable bonds is 6. The normalized spacial score (nSPS) is 29.4. The zero-order valence-corrected chi connectivity index (χ0v) is 9.73. The molecule has 3 nitrogen and oxygen atoms in total. The first-order valence-electron chi connectivity index (χ1n) is 5.72. The van der Waals surface area contributed by atoms with Crippen LogP contribution in [0.2, 0.25) is 0 Å². The molecule has 2 unspecified atom stereocenters. The average molecular weight is 200 g/mol. The minimum Gasteiger partial charge on any atom is -0.379 e. The van der Waals surface area contributed by atoms with Crippen LogP contribution in [0.3, 0.4) is 0 Å². The highest BCUT2D eigenvalue weighted by atomic mass is 16.5. The van der Waals surface area contributed by atoms with E-state index in [0.29, 0.717) is 6.04 Å². The Morgan fingerprint density at radius 2 is 2.21 bits per heavy atom.